The summed E-state index contributed by atoms with van der Waals surface area (Å²) in [6.07, 6.45) is 0.423. The summed E-state index contributed by atoms with van der Waals surface area (Å²) in [6.45, 7) is 1.52. The van der Waals surface area contributed by atoms with Crippen molar-refractivity contribution in [2.24, 2.45) is 0 Å². The fourth-order valence-corrected chi connectivity index (χ4v) is 4.81. The Bertz CT molecular complexity index is 1280. The van der Waals surface area contributed by atoms with Gasteiger partial charge >= 0.3 is 5.97 Å². The Morgan fingerprint density at radius 1 is 0.967 bits per heavy atom. The van der Waals surface area contributed by atoms with Gasteiger partial charge in [0.2, 0.25) is 5.91 Å². The van der Waals surface area contributed by atoms with Gasteiger partial charge in [0.05, 0.1) is 13.2 Å². The van der Waals surface area contributed by atoms with Crippen molar-refractivity contribution in [2.45, 2.75) is 25.4 Å². The quantitative estimate of drug-likeness (QED) is 0.511. The van der Waals surface area contributed by atoms with Gasteiger partial charge in [-0.25, -0.2) is 4.79 Å². The third kappa shape index (κ3) is 2.70. The minimum atomic E-state index is -0.678. The molecule has 0 spiro atoms. The summed E-state index contributed by atoms with van der Waals surface area (Å²) < 4.78 is 5.10. The molecular weight excluding hydrogens is 376 g/mol. The summed E-state index contributed by atoms with van der Waals surface area (Å²) >= 11 is 0. The molecule has 2 heterocycles. The maximum Gasteiger partial charge on any atom is 0.328 e. The van der Waals surface area contributed by atoms with Crippen molar-refractivity contribution in [1.82, 2.24) is 9.88 Å². The van der Waals surface area contributed by atoms with Crippen molar-refractivity contribution in [3.05, 3.63) is 83.6 Å². The van der Waals surface area contributed by atoms with Crippen molar-refractivity contribution in [3.8, 4) is 0 Å². The van der Waals surface area contributed by atoms with E-state index >= 15 is 0 Å². The number of H-pyrrole nitrogens is 1. The lowest BCUT2D eigenvalue weighted by atomic mass is 9.86. The van der Waals surface area contributed by atoms with Crippen LogP contribution in [0.1, 0.15) is 29.8 Å². The molecule has 5 heteroatoms. The number of para-hydroxylation sites is 1. The second-order valence-electron chi connectivity index (χ2n) is 7.70. The average Bonchev–Trinajstić information content (AvgIpc) is 3.15. The highest BCUT2D eigenvalue weighted by Crippen LogP contribution is 2.43. The Balaban J connectivity index is 1.84. The minimum absolute atomic E-state index is 0.160. The van der Waals surface area contributed by atoms with E-state index in [1.165, 1.54) is 14.0 Å². The normalized spacial score (nSPS) is 18.4. The van der Waals surface area contributed by atoms with Crippen molar-refractivity contribution in [1.29, 1.82) is 0 Å². The van der Waals surface area contributed by atoms with Crippen LogP contribution in [0.4, 0.5) is 0 Å². The Labute approximate surface area is 174 Å². The molecule has 0 unspecified atom stereocenters. The zero-order valence-corrected chi connectivity index (χ0v) is 16.9. The fourth-order valence-electron chi connectivity index (χ4n) is 4.81. The van der Waals surface area contributed by atoms with E-state index < -0.39 is 18.1 Å². The number of amides is 1. The van der Waals surface area contributed by atoms with Crippen molar-refractivity contribution in [3.63, 3.8) is 0 Å². The van der Waals surface area contributed by atoms with Gasteiger partial charge in [0, 0.05) is 29.9 Å². The first-order chi connectivity index (χ1) is 14.6. The molecule has 1 aromatic heterocycles. The van der Waals surface area contributed by atoms with Crippen LogP contribution in [0.2, 0.25) is 0 Å². The van der Waals surface area contributed by atoms with E-state index in [4.69, 9.17) is 4.74 Å². The molecule has 0 bridgehead atoms. The van der Waals surface area contributed by atoms with Gasteiger partial charge in [-0.05, 0) is 28.0 Å². The lowest BCUT2D eigenvalue weighted by Gasteiger charge is -2.40. The molecule has 0 fully saturated rings. The summed E-state index contributed by atoms with van der Waals surface area (Å²) in [6, 6.07) is 21.2. The summed E-state index contributed by atoms with van der Waals surface area (Å²) in [5.74, 6) is -0.556. The van der Waals surface area contributed by atoms with E-state index in [1.807, 2.05) is 42.5 Å². The van der Waals surface area contributed by atoms with Crippen LogP contribution < -0.4 is 0 Å². The number of esters is 1. The Hall–Kier alpha value is -3.60. The van der Waals surface area contributed by atoms with Gasteiger partial charge in [-0.1, -0.05) is 60.7 Å². The predicted octanol–water partition coefficient (Wildman–Crippen LogP) is 4.36. The molecular formula is C25H22N2O3. The molecule has 0 saturated heterocycles. The molecule has 3 aromatic carbocycles. The number of aromatic nitrogens is 1. The van der Waals surface area contributed by atoms with E-state index in [1.54, 1.807) is 4.90 Å². The number of hydrogen-bond donors (Lipinski definition) is 1. The first-order valence-electron chi connectivity index (χ1n) is 10.0. The van der Waals surface area contributed by atoms with Crippen LogP contribution in [-0.2, 0) is 20.7 Å². The molecule has 0 radical (unpaired) electrons. The van der Waals surface area contributed by atoms with Crippen LogP contribution in [-0.4, -0.2) is 34.9 Å². The molecule has 1 N–H and O–H groups in total. The van der Waals surface area contributed by atoms with Gasteiger partial charge in [0.15, 0.2) is 0 Å². The highest BCUT2D eigenvalue weighted by atomic mass is 16.5. The molecule has 1 aliphatic heterocycles. The maximum absolute atomic E-state index is 12.9. The highest BCUT2D eigenvalue weighted by Gasteiger charge is 2.43. The largest absolute Gasteiger partial charge is 0.467 e. The first kappa shape index (κ1) is 18.4. The second-order valence-corrected chi connectivity index (χ2v) is 7.70. The van der Waals surface area contributed by atoms with E-state index in [-0.39, 0.29) is 5.91 Å². The topological polar surface area (TPSA) is 62.4 Å². The Kier molecular flexibility index (Phi) is 4.31. The molecule has 1 amide bonds. The molecule has 150 valence electrons. The van der Waals surface area contributed by atoms with Crippen molar-refractivity contribution < 1.29 is 14.3 Å². The van der Waals surface area contributed by atoms with Crippen LogP contribution in [0, 0.1) is 0 Å². The number of hydrogen-bond acceptors (Lipinski definition) is 3. The fraction of sp³-hybridized carbons (Fsp3) is 0.200. The number of methoxy groups -OCH3 is 1. The van der Waals surface area contributed by atoms with E-state index in [0.29, 0.717) is 6.42 Å². The number of carbonyl (C=O) groups excluding carboxylic acids is 2. The average molecular weight is 398 g/mol. The number of fused-ring (bicyclic) bond motifs is 4. The molecule has 4 aromatic rings. The highest BCUT2D eigenvalue weighted by molar-refractivity contribution is 5.92. The number of nitrogens with one attached hydrogen (secondary N) is 1. The summed E-state index contributed by atoms with van der Waals surface area (Å²) in [5.41, 5.74) is 4.02. The van der Waals surface area contributed by atoms with Gasteiger partial charge in [-0.15, -0.1) is 0 Å². The number of aromatic amines is 1. The summed E-state index contributed by atoms with van der Waals surface area (Å²) in [4.78, 5) is 30.9. The lowest BCUT2D eigenvalue weighted by molar-refractivity contribution is -0.154. The van der Waals surface area contributed by atoms with Gasteiger partial charge in [-0.2, -0.15) is 0 Å². The number of carbonyl (C=O) groups is 2. The van der Waals surface area contributed by atoms with Gasteiger partial charge in [0.1, 0.15) is 6.04 Å². The first-order valence-corrected chi connectivity index (χ1v) is 10.0. The number of nitrogens with zero attached hydrogens (tertiary/aromatic N) is 1. The third-order valence-corrected chi connectivity index (χ3v) is 6.09. The number of rotatable bonds is 2. The molecule has 0 saturated carbocycles. The van der Waals surface area contributed by atoms with E-state index in [9.17, 15) is 9.59 Å². The van der Waals surface area contributed by atoms with Crippen LogP contribution in [0.3, 0.4) is 0 Å². The van der Waals surface area contributed by atoms with Crippen LogP contribution in [0.25, 0.3) is 21.7 Å². The Morgan fingerprint density at radius 2 is 1.67 bits per heavy atom. The predicted molar refractivity (Wildman–Crippen MR) is 116 cm³/mol. The monoisotopic (exact) mass is 398 g/mol. The van der Waals surface area contributed by atoms with E-state index in [2.05, 4.69) is 29.2 Å². The minimum Gasteiger partial charge on any atom is -0.467 e. The maximum atomic E-state index is 12.9. The van der Waals surface area contributed by atoms with Crippen molar-refractivity contribution >= 4 is 33.6 Å². The zero-order valence-electron chi connectivity index (χ0n) is 16.9. The molecule has 2 atom stereocenters. The van der Waals surface area contributed by atoms with Crippen LogP contribution in [0.15, 0.2) is 66.7 Å². The smallest absolute Gasteiger partial charge is 0.328 e. The summed E-state index contributed by atoms with van der Waals surface area (Å²) in [5, 5.41) is 3.23. The van der Waals surface area contributed by atoms with Crippen LogP contribution in [0.5, 0.6) is 0 Å². The second kappa shape index (κ2) is 7.02. The number of benzene rings is 3. The van der Waals surface area contributed by atoms with Crippen molar-refractivity contribution in [2.75, 3.05) is 7.11 Å². The zero-order chi connectivity index (χ0) is 20.8. The molecule has 0 aliphatic carbocycles. The van der Waals surface area contributed by atoms with Gasteiger partial charge < -0.3 is 14.6 Å². The van der Waals surface area contributed by atoms with E-state index in [0.717, 1.165) is 38.5 Å². The summed E-state index contributed by atoms with van der Waals surface area (Å²) in [7, 11) is 1.37. The van der Waals surface area contributed by atoms with Gasteiger partial charge in [0.25, 0.3) is 0 Å². The Morgan fingerprint density at radius 3 is 2.43 bits per heavy atom. The molecule has 5 rings (SSSR count). The molecule has 30 heavy (non-hydrogen) atoms. The lowest BCUT2D eigenvalue weighted by Crippen LogP contribution is -2.51. The molecule has 5 nitrogen and oxygen atoms in total. The van der Waals surface area contributed by atoms with Crippen LogP contribution >= 0.6 is 0 Å². The standard InChI is InChI=1S/C25H22N2O3/c1-15(28)27-22(25(29)30-2)14-20-18-11-5-6-13-21(18)26-23(20)24(27)19-12-7-9-16-8-3-4-10-17(16)19/h3-13,22,24,26H,14H2,1-2H3/t22-,24-/m1/s1. The third-order valence-electron chi connectivity index (χ3n) is 6.09. The van der Waals surface area contributed by atoms with Gasteiger partial charge in [-0.3, -0.25) is 4.79 Å². The molecule has 1 aliphatic rings. The number of ether oxygens (including phenoxy) is 1. The SMILES string of the molecule is COC(=O)[C@H]1Cc2c([nH]c3ccccc23)[C@@H](c2cccc3ccccc23)N1C(C)=O.